The average molecular weight is 280 g/mol. The van der Waals surface area contributed by atoms with Gasteiger partial charge in [-0.2, -0.15) is 12.7 Å². The molecule has 0 radical (unpaired) electrons. The highest BCUT2D eigenvalue weighted by atomic mass is 32.2. The molecule has 0 atom stereocenters. The van der Waals surface area contributed by atoms with Crippen LogP contribution in [0.25, 0.3) is 0 Å². The van der Waals surface area contributed by atoms with E-state index in [4.69, 9.17) is 5.11 Å². The van der Waals surface area contributed by atoms with Crippen LogP contribution in [0, 0.1) is 5.92 Å². The van der Waals surface area contributed by atoms with E-state index in [0.717, 1.165) is 11.4 Å². The molecule has 0 aromatic rings. The number of ether oxygens (including phenoxy) is 1. The zero-order chi connectivity index (χ0) is 13.8. The van der Waals surface area contributed by atoms with Crippen LogP contribution in [0.3, 0.4) is 0 Å². The van der Waals surface area contributed by atoms with Crippen molar-refractivity contribution in [3.8, 4) is 0 Å². The molecule has 8 nitrogen and oxygen atoms in total. The molecule has 18 heavy (non-hydrogen) atoms. The molecule has 1 amide bonds. The van der Waals surface area contributed by atoms with Crippen LogP contribution in [0.2, 0.25) is 0 Å². The third-order valence-electron chi connectivity index (χ3n) is 2.77. The highest BCUT2D eigenvalue weighted by Gasteiger charge is 2.30. The van der Waals surface area contributed by atoms with Crippen molar-refractivity contribution in [3.05, 3.63) is 0 Å². The normalized spacial score (nSPS) is 18.3. The molecule has 104 valence electrons. The number of hydrogen-bond donors (Lipinski definition) is 2. The second-order valence-corrected chi connectivity index (χ2v) is 5.71. The van der Waals surface area contributed by atoms with E-state index in [2.05, 4.69) is 4.74 Å². The molecule has 2 N–H and O–H groups in total. The number of methoxy groups -OCH3 is 1. The number of nitrogens with one attached hydrogen (secondary N) is 1. The third-order valence-corrected chi connectivity index (χ3v) is 4.24. The lowest BCUT2D eigenvalue weighted by molar-refractivity contribution is -0.138. The van der Waals surface area contributed by atoms with Gasteiger partial charge in [0.25, 0.3) is 0 Å². The Kier molecular flexibility index (Phi) is 4.91. The van der Waals surface area contributed by atoms with Gasteiger partial charge >= 0.3 is 22.3 Å². The number of carboxylic acid groups (broad SMARTS) is 1. The molecular formula is C9H16N2O6S. The molecule has 1 rings (SSSR count). The molecule has 1 aliphatic rings. The van der Waals surface area contributed by atoms with Gasteiger partial charge < -0.3 is 9.84 Å². The van der Waals surface area contributed by atoms with E-state index in [-0.39, 0.29) is 25.4 Å². The summed E-state index contributed by atoms with van der Waals surface area (Å²) in [4.78, 5) is 21.4. The summed E-state index contributed by atoms with van der Waals surface area (Å²) in [5.74, 6) is -0.906. The molecule has 0 saturated carbocycles. The van der Waals surface area contributed by atoms with Gasteiger partial charge in [0.2, 0.25) is 0 Å². The standard InChI is InChI=1S/C9H16N2O6S/c1-17-9(14)10-18(15,16)11-4-2-7(3-5-11)6-8(12)13/h7H,2-6H2,1H3,(H,10,14)(H,12,13). The van der Waals surface area contributed by atoms with E-state index in [9.17, 15) is 18.0 Å². The molecule has 1 saturated heterocycles. The maximum Gasteiger partial charge on any atom is 0.421 e. The first-order valence-electron chi connectivity index (χ1n) is 5.43. The van der Waals surface area contributed by atoms with Gasteiger partial charge in [0, 0.05) is 19.5 Å². The zero-order valence-corrected chi connectivity index (χ0v) is 10.8. The maximum atomic E-state index is 11.7. The van der Waals surface area contributed by atoms with Crippen LogP contribution in [0.5, 0.6) is 0 Å². The van der Waals surface area contributed by atoms with Crippen molar-refractivity contribution < 1.29 is 27.9 Å². The second kappa shape index (κ2) is 6.01. The lowest BCUT2D eigenvalue weighted by atomic mass is 9.95. The van der Waals surface area contributed by atoms with Gasteiger partial charge in [-0.1, -0.05) is 0 Å². The number of carbonyl (C=O) groups excluding carboxylic acids is 1. The predicted molar refractivity (Wildman–Crippen MR) is 61.0 cm³/mol. The van der Waals surface area contributed by atoms with Gasteiger partial charge in [-0.3, -0.25) is 4.79 Å². The van der Waals surface area contributed by atoms with Crippen molar-refractivity contribution >= 4 is 22.3 Å². The second-order valence-electron chi connectivity index (χ2n) is 4.04. The number of carboxylic acids is 1. The number of nitrogens with zero attached hydrogens (tertiary/aromatic N) is 1. The highest BCUT2D eigenvalue weighted by molar-refractivity contribution is 7.87. The van der Waals surface area contributed by atoms with Gasteiger partial charge in [0.1, 0.15) is 0 Å². The SMILES string of the molecule is COC(=O)NS(=O)(=O)N1CCC(CC(=O)O)CC1. The van der Waals surface area contributed by atoms with E-state index in [1.54, 1.807) is 4.72 Å². The Hall–Kier alpha value is -1.35. The summed E-state index contributed by atoms with van der Waals surface area (Å²) in [6, 6.07) is 0. The highest BCUT2D eigenvalue weighted by Crippen LogP contribution is 2.21. The molecular weight excluding hydrogens is 264 g/mol. The Balaban J connectivity index is 2.51. The summed E-state index contributed by atoms with van der Waals surface area (Å²) >= 11 is 0. The fourth-order valence-electron chi connectivity index (χ4n) is 1.81. The van der Waals surface area contributed by atoms with Crippen molar-refractivity contribution in [2.24, 2.45) is 5.92 Å². The van der Waals surface area contributed by atoms with Crippen LogP contribution in [-0.2, 0) is 19.7 Å². The van der Waals surface area contributed by atoms with Crippen molar-refractivity contribution in [1.82, 2.24) is 9.03 Å². The van der Waals surface area contributed by atoms with Crippen molar-refractivity contribution in [3.63, 3.8) is 0 Å². The van der Waals surface area contributed by atoms with E-state index >= 15 is 0 Å². The molecule has 0 unspecified atom stereocenters. The Morgan fingerprint density at radius 3 is 2.39 bits per heavy atom. The quantitative estimate of drug-likeness (QED) is 0.735. The molecule has 1 heterocycles. The Morgan fingerprint density at radius 1 is 1.39 bits per heavy atom. The van der Waals surface area contributed by atoms with E-state index < -0.39 is 22.3 Å². The third kappa shape index (κ3) is 4.15. The van der Waals surface area contributed by atoms with Gasteiger partial charge in [0.15, 0.2) is 0 Å². The van der Waals surface area contributed by atoms with Crippen LogP contribution >= 0.6 is 0 Å². The summed E-state index contributed by atoms with van der Waals surface area (Å²) in [7, 11) is -2.81. The summed E-state index contributed by atoms with van der Waals surface area (Å²) < 4.78 is 30.4. The summed E-state index contributed by atoms with van der Waals surface area (Å²) in [5, 5.41) is 8.64. The fraction of sp³-hybridized carbons (Fsp3) is 0.778. The lowest BCUT2D eigenvalue weighted by Gasteiger charge is -2.30. The predicted octanol–water partition coefficient (Wildman–Crippen LogP) is -0.226. The smallest absolute Gasteiger partial charge is 0.421 e. The van der Waals surface area contributed by atoms with Crippen LogP contribution < -0.4 is 4.72 Å². The van der Waals surface area contributed by atoms with Crippen molar-refractivity contribution in [2.75, 3.05) is 20.2 Å². The van der Waals surface area contributed by atoms with E-state index in [1.807, 2.05) is 0 Å². The van der Waals surface area contributed by atoms with Crippen LogP contribution in [0.4, 0.5) is 4.79 Å². The first kappa shape index (κ1) is 14.7. The fourth-order valence-corrected chi connectivity index (χ4v) is 2.93. The van der Waals surface area contributed by atoms with Crippen molar-refractivity contribution in [1.29, 1.82) is 0 Å². The first-order chi connectivity index (χ1) is 8.35. The first-order valence-corrected chi connectivity index (χ1v) is 6.87. The number of carbonyl (C=O) groups is 2. The van der Waals surface area contributed by atoms with Gasteiger partial charge in [-0.05, 0) is 18.8 Å². The Bertz CT molecular complexity index is 413. The Morgan fingerprint density at radius 2 is 1.94 bits per heavy atom. The van der Waals surface area contributed by atoms with Crippen molar-refractivity contribution in [2.45, 2.75) is 19.3 Å². The van der Waals surface area contributed by atoms with E-state index in [1.165, 1.54) is 0 Å². The number of hydrogen-bond acceptors (Lipinski definition) is 5. The van der Waals surface area contributed by atoms with Crippen LogP contribution in [0.1, 0.15) is 19.3 Å². The monoisotopic (exact) mass is 280 g/mol. The molecule has 0 aromatic heterocycles. The minimum atomic E-state index is -3.89. The number of aliphatic carboxylic acids is 1. The van der Waals surface area contributed by atoms with E-state index in [0.29, 0.717) is 12.8 Å². The largest absolute Gasteiger partial charge is 0.481 e. The molecule has 1 fully saturated rings. The summed E-state index contributed by atoms with van der Waals surface area (Å²) in [6.45, 7) is 0.397. The molecule has 0 spiro atoms. The van der Waals surface area contributed by atoms with Gasteiger partial charge in [-0.25, -0.2) is 9.52 Å². The Labute approximate surface area is 105 Å². The summed E-state index contributed by atoms with van der Waals surface area (Å²) in [6.07, 6.45) is -0.0659. The number of piperidine rings is 1. The maximum absolute atomic E-state index is 11.7. The van der Waals surface area contributed by atoms with Crippen LogP contribution in [-0.4, -0.2) is 50.1 Å². The number of amides is 1. The van der Waals surface area contributed by atoms with Gasteiger partial charge in [-0.15, -0.1) is 0 Å². The zero-order valence-electron chi connectivity index (χ0n) is 9.96. The summed E-state index contributed by atoms with van der Waals surface area (Å²) in [5.41, 5.74) is 0. The average Bonchev–Trinajstić information content (AvgIpc) is 2.28. The molecule has 0 bridgehead atoms. The van der Waals surface area contributed by atoms with Crippen LogP contribution in [0.15, 0.2) is 0 Å². The minimum Gasteiger partial charge on any atom is -0.481 e. The number of rotatable bonds is 4. The van der Waals surface area contributed by atoms with Gasteiger partial charge in [0.05, 0.1) is 7.11 Å². The molecule has 9 heteroatoms. The molecule has 1 aliphatic heterocycles. The topological polar surface area (TPSA) is 113 Å². The minimum absolute atomic E-state index is 0.0212. The lowest BCUT2D eigenvalue weighted by Crippen LogP contribution is -2.47. The molecule has 0 aromatic carbocycles. The molecule has 0 aliphatic carbocycles.